The first-order valence-electron chi connectivity index (χ1n) is 16.2. The Morgan fingerprint density at radius 2 is 1.62 bits per heavy atom. The van der Waals surface area contributed by atoms with Gasteiger partial charge in [-0.2, -0.15) is 0 Å². The predicted molar refractivity (Wildman–Crippen MR) is 180 cm³/mol. The van der Waals surface area contributed by atoms with E-state index in [1.807, 2.05) is 0 Å². The van der Waals surface area contributed by atoms with Gasteiger partial charge in [0.2, 0.25) is 0 Å². The zero-order valence-electron chi connectivity index (χ0n) is 27.3. The molecule has 4 amide bonds. The first-order valence-corrected chi connectivity index (χ1v) is 16.2. The van der Waals surface area contributed by atoms with E-state index < -0.39 is 17.6 Å². The molecular weight excluding hydrogens is 600 g/mol. The number of likely N-dealkylation sites (tertiary alicyclic amines) is 1. The van der Waals surface area contributed by atoms with Crippen LogP contribution in [-0.4, -0.2) is 77.8 Å². The maximum absolute atomic E-state index is 13.5. The highest BCUT2D eigenvalue weighted by Gasteiger charge is 2.20. The van der Waals surface area contributed by atoms with Crippen LogP contribution in [0.2, 0.25) is 0 Å². The van der Waals surface area contributed by atoms with Gasteiger partial charge in [0.05, 0.1) is 11.4 Å². The summed E-state index contributed by atoms with van der Waals surface area (Å²) in [6, 6.07) is 15.4. The Balaban J connectivity index is 1.22. The molecule has 1 saturated heterocycles. The van der Waals surface area contributed by atoms with Crippen molar-refractivity contribution in [2.24, 2.45) is 0 Å². The van der Waals surface area contributed by atoms with Crippen molar-refractivity contribution >= 4 is 35.1 Å². The highest BCUT2D eigenvalue weighted by atomic mass is 16.6. The number of carbonyl (C=O) groups is 3. The Hall–Kier alpha value is -4.84. The molecule has 0 spiro atoms. The Labute approximate surface area is 275 Å². The van der Waals surface area contributed by atoms with Crippen molar-refractivity contribution in [1.29, 1.82) is 0 Å². The molecule has 3 aromatic rings. The molecule has 47 heavy (non-hydrogen) atoms. The number of benzene rings is 2. The summed E-state index contributed by atoms with van der Waals surface area (Å²) < 4.78 is 16.6. The van der Waals surface area contributed by atoms with Crippen LogP contribution in [0, 0.1) is 0 Å². The van der Waals surface area contributed by atoms with Gasteiger partial charge in [0.15, 0.2) is 11.5 Å². The Kier molecular flexibility index (Phi) is 11.2. The Morgan fingerprint density at radius 1 is 0.894 bits per heavy atom. The van der Waals surface area contributed by atoms with Crippen molar-refractivity contribution in [1.82, 2.24) is 14.8 Å². The monoisotopic (exact) mass is 644 g/mol. The van der Waals surface area contributed by atoms with Crippen LogP contribution >= 0.6 is 0 Å². The lowest BCUT2D eigenvalue weighted by Gasteiger charge is -2.25. The van der Waals surface area contributed by atoms with Crippen LogP contribution in [0.3, 0.4) is 0 Å². The van der Waals surface area contributed by atoms with Gasteiger partial charge in [0.25, 0.3) is 5.91 Å². The quantitative estimate of drug-likeness (QED) is 0.205. The number of para-hydroxylation sites is 2. The number of hydrogen-bond acceptors (Lipinski definition) is 8. The maximum Gasteiger partial charge on any atom is 0.412 e. The molecule has 0 radical (unpaired) electrons. The number of anilines is 3. The molecule has 0 atom stereocenters. The summed E-state index contributed by atoms with van der Waals surface area (Å²) in [7, 11) is 0. The first kappa shape index (κ1) is 33.5. The average molecular weight is 645 g/mol. The molecule has 0 bridgehead atoms. The zero-order valence-corrected chi connectivity index (χ0v) is 27.3. The summed E-state index contributed by atoms with van der Waals surface area (Å²) >= 11 is 0. The number of nitrogens with zero attached hydrogens (tertiary/aromatic N) is 3. The largest absolute Gasteiger partial charge is 0.486 e. The lowest BCUT2D eigenvalue weighted by atomic mass is 10.2. The number of hydrogen-bond donors (Lipinski definition) is 3. The summed E-state index contributed by atoms with van der Waals surface area (Å²) in [5.41, 5.74) is 1.74. The number of fused-ring (bicyclic) bond motifs is 1. The molecule has 3 N–H and O–H groups in total. The number of nitrogens with one attached hydrogen (secondary N) is 3. The molecule has 0 saturated carbocycles. The molecule has 1 fully saturated rings. The van der Waals surface area contributed by atoms with E-state index in [0.29, 0.717) is 54.9 Å². The van der Waals surface area contributed by atoms with Crippen molar-refractivity contribution in [3.8, 4) is 11.5 Å². The third kappa shape index (κ3) is 10.1. The SMILES string of the molecule is CC(C)(C)OC(=O)Nc1ccccc1NC(=O)c1ccc(CN(CCCCN2CCCC2)C(=O)Nc2ccc3c(c2)OCCO3)cn1. The third-order valence-corrected chi connectivity index (χ3v) is 7.67. The van der Waals surface area contributed by atoms with Gasteiger partial charge >= 0.3 is 12.1 Å². The lowest BCUT2D eigenvalue weighted by Crippen LogP contribution is -2.35. The highest BCUT2D eigenvalue weighted by Crippen LogP contribution is 2.32. The number of amides is 4. The van der Waals surface area contributed by atoms with Gasteiger partial charge in [0.1, 0.15) is 24.5 Å². The molecule has 2 aliphatic heterocycles. The number of ether oxygens (including phenoxy) is 3. The van der Waals surface area contributed by atoms with Gasteiger partial charge < -0.3 is 34.6 Å². The van der Waals surface area contributed by atoms with E-state index in [2.05, 4.69) is 25.8 Å². The lowest BCUT2D eigenvalue weighted by molar-refractivity contribution is 0.0635. The minimum atomic E-state index is -0.663. The number of rotatable bonds is 11. The topological polar surface area (TPSA) is 134 Å². The fraction of sp³-hybridized carbons (Fsp3) is 0.429. The van der Waals surface area contributed by atoms with Gasteiger partial charge in [-0.1, -0.05) is 18.2 Å². The number of aromatic nitrogens is 1. The zero-order chi connectivity index (χ0) is 33.2. The molecule has 5 rings (SSSR count). The van der Waals surface area contributed by atoms with Crippen LogP contribution in [0.1, 0.15) is 62.5 Å². The van der Waals surface area contributed by atoms with Crippen molar-refractivity contribution in [3.05, 3.63) is 72.1 Å². The summed E-state index contributed by atoms with van der Waals surface area (Å²) in [4.78, 5) is 47.5. The molecule has 12 heteroatoms. The Morgan fingerprint density at radius 3 is 2.32 bits per heavy atom. The second-order valence-electron chi connectivity index (χ2n) is 12.6. The Bertz CT molecular complexity index is 1530. The van der Waals surface area contributed by atoms with Gasteiger partial charge in [0, 0.05) is 31.0 Å². The number of unbranched alkanes of at least 4 members (excludes halogenated alkanes) is 1. The summed E-state index contributed by atoms with van der Waals surface area (Å²) in [6.45, 7) is 10.5. The van der Waals surface area contributed by atoms with Gasteiger partial charge in [-0.25, -0.2) is 9.59 Å². The number of urea groups is 1. The van der Waals surface area contributed by atoms with Crippen molar-refractivity contribution in [2.45, 2.75) is 58.6 Å². The molecule has 0 aliphatic carbocycles. The predicted octanol–water partition coefficient (Wildman–Crippen LogP) is 6.36. The van der Waals surface area contributed by atoms with Crippen LogP contribution in [-0.2, 0) is 11.3 Å². The van der Waals surface area contributed by atoms with Crippen molar-refractivity contribution in [3.63, 3.8) is 0 Å². The fourth-order valence-electron chi connectivity index (χ4n) is 5.39. The van der Waals surface area contributed by atoms with E-state index in [-0.39, 0.29) is 11.7 Å². The van der Waals surface area contributed by atoms with Crippen molar-refractivity contribution in [2.75, 3.05) is 55.3 Å². The molecule has 12 nitrogen and oxygen atoms in total. The summed E-state index contributed by atoms with van der Waals surface area (Å²) in [5.74, 6) is 0.823. The molecule has 0 unspecified atom stereocenters. The second kappa shape index (κ2) is 15.6. The van der Waals surface area contributed by atoms with Gasteiger partial charge in [-0.3, -0.25) is 15.1 Å². The normalized spacial score (nSPS) is 14.3. The third-order valence-electron chi connectivity index (χ3n) is 7.67. The minimum Gasteiger partial charge on any atom is -0.486 e. The van der Waals surface area contributed by atoms with Crippen LogP contribution in [0.15, 0.2) is 60.8 Å². The first-order chi connectivity index (χ1) is 22.6. The average Bonchev–Trinajstić information content (AvgIpc) is 3.56. The van der Waals surface area contributed by atoms with Crippen LogP contribution in [0.25, 0.3) is 0 Å². The summed E-state index contributed by atoms with van der Waals surface area (Å²) in [5, 5.41) is 8.49. The van der Waals surface area contributed by atoms with Gasteiger partial charge in [-0.15, -0.1) is 0 Å². The van der Waals surface area contributed by atoms with Gasteiger partial charge in [-0.05, 0) is 102 Å². The second-order valence-corrected chi connectivity index (χ2v) is 12.6. The minimum absolute atomic E-state index is 0.193. The maximum atomic E-state index is 13.5. The van der Waals surface area contributed by atoms with E-state index in [4.69, 9.17) is 14.2 Å². The summed E-state index contributed by atoms with van der Waals surface area (Å²) in [6.07, 6.45) is 5.33. The van der Waals surface area contributed by atoms with E-state index in [9.17, 15) is 14.4 Å². The fourth-order valence-corrected chi connectivity index (χ4v) is 5.39. The van der Waals surface area contributed by atoms with E-state index >= 15 is 0 Å². The molecule has 2 aliphatic rings. The molecule has 3 heterocycles. The highest BCUT2D eigenvalue weighted by molar-refractivity contribution is 6.05. The number of carbonyl (C=O) groups excluding carboxylic acids is 3. The molecular formula is C35H44N6O6. The molecule has 250 valence electrons. The molecule has 2 aromatic carbocycles. The van der Waals surface area contributed by atoms with Crippen molar-refractivity contribution < 1.29 is 28.6 Å². The van der Waals surface area contributed by atoms with Crippen LogP contribution < -0.4 is 25.4 Å². The smallest absolute Gasteiger partial charge is 0.412 e. The van der Waals surface area contributed by atoms with Crippen LogP contribution in [0.4, 0.5) is 26.7 Å². The van der Waals surface area contributed by atoms with E-state index in [1.54, 1.807) is 86.5 Å². The standard InChI is InChI=1S/C35H44N6O6/c1-35(2,3)47-34(44)39-28-11-5-4-10-27(28)38-32(42)29-14-12-25(23-36-29)24-41(19-9-8-18-40-16-6-7-17-40)33(43)37-26-13-15-30-31(22-26)46-21-20-45-30/h4-5,10-15,22-23H,6-9,16-21,24H2,1-3H3,(H,37,43)(H,38,42)(H,39,44). The number of pyridine rings is 1. The molecule has 1 aromatic heterocycles. The van der Waals surface area contributed by atoms with E-state index in [1.165, 1.54) is 12.8 Å². The van der Waals surface area contributed by atoms with Crippen LogP contribution in [0.5, 0.6) is 11.5 Å². The van der Waals surface area contributed by atoms with E-state index in [0.717, 1.165) is 38.0 Å².